The largest absolute Gasteiger partial charge is 0.340 e. The van der Waals surface area contributed by atoms with E-state index in [-0.39, 0.29) is 11.3 Å². The van der Waals surface area contributed by atoms with Crippen LogP contribution >= 0.6 is 0 Å². The number of nitrogens with zero attached hydrogens (tertiary/aromatic N) is 2. The van der Waals surface area contributed by atoms with E-state index in [0.29, 0.717) is 29.9 Å². The van der Waals surface area contributed by atoms with Crippen molar-refractivity contribution in [2.75, 3.05) is 23.7 Å². The van der Waals surface area contributed by atoms with Gasteiger partial charge in [0.1, 0.15) is 0 Å². The second-order valence-corrected chi connectivity index (χ2v) is 7.57. The van der Waals surface area contributed by atoms with Gasteiger partial charge in [-0.25, -0.2) is 13.4 Å². The van der Waals surface area contributed by atoms with E-state index in [1.165, 1.54) is 0 Å². The van der Waals surface area contributed by atoms with Gasteiger partial charge in [-0.2, -0.15) is 0 Å². The molecule has 0 aliphatic carbocycles. The highest BCUT2D eigenvalue weighted by Gasteiger charge is 2.30. The molecule has 1 unspecified atom stereocenters. The van der Waals surface area contributed by atoms with Crippen LogP contribution in [0, 0.1) is 0 Å². The van der Waals surface area contributed by atoms with Crippen LogP contribution in [0.25, 0.3) is 10.9 Å². The van der Waals surface area contributed by atoms with E-state index in [2.05, 4.69) is 9.97 Å². The van der Waals surface area contributed by atoms with Crippen LogP contribution in [0.3, 0.4) is 0 Å². The monoisotopic (exact) mass is 293 g/mol. The lowest BCUT2D eigenvalue weighted by molar-refractivity contribution is 0.567. The van der Waals surface area contributed by atoms with Gasteiger partial charge in [0, 0.05) is 13.1 Å². The van der Waals surface area contributed by atoms with Gasteiger partial charge in [0.2, 0.25) is 5.95 Å². The van der Waals surface area contributed by atoms with Crippen LogP contribution in [0.2, 0.25) is 0 Å². The predicted octanol–water partition coefficient (Wildman–Crippen LogP) is 0.546. The van der Waals surface area contributed by atoms with Crippen molar-refractivity contribution in [1.29, 1.82) is 0 Å². The van der Waals surface area contributed by atoms with Gasteiger partial charge in [-0.05, 0) is 19.1 Å². The number of aromatic amines is 1. The Morgan fingerprint density at radius 3 is 2.85 bits per heavy atom. The summed E-state index contributed by atoms with van der Waals surface area (Å²) in [6.45, 7) is 2.39. The summed E-state index contributed by atoms with van der Waals surface area (Å²) in [6.07, 6.45) is 0. The highest BCUT2D eigenvalue weighted by molar-refractivity contribution is 7.92. The Morgan fingerprint density at radius 2 is 2.10 bits per heavy atom. The lowest BCUT2D eigenvalue weighted by atomic mass is 10.2. The molecule has 20 heavy (non-hydrogen) atoms. The number of para-hydroxylation sites is 1. The molecule has 1 N–H and O–H groups in total. The number of rotatable bonds is 1. The first-order valence-electron chi connectivity index (χ1n) is 6.43. The summed E-state index contributed by atoms with van der Waals surface area (Å²) in [6, 6.07) is 7.10. The molecule has 0 spiro atoms. The van der Waals surface area contributed by atoms with E-state index in [1.54, 1.807) is 25.1 Å². The van der Waals surface area contributed by atoms with Gasteiger partial charge in [0.05, 0.1) is 21.9 Å². The topological polar surface area (TPSA) is 83.1 Å². The molecule has 2 heterocycles. The van der Waals surface area contributed by atoms with Crippen molar-refractivity contribution in [2.24, 2.45) is 0 Å². The van der Waals surface area contributed by atoms with Crippen molar-refractivity contribution >= 4 is 26.7 Å². The molecule has 0 bridgehead atoms. The van der Waals surface area contributed by atoms with Gasteiger partial charge < -0.3 is 4.90 Å². The van der Waals surface area contributed by atoms with Crippen LogP contribution in [-0.4, -0.2) is 42.5 Å². The SMILES string of the molecule is CC1CN(c2nc3ccccc3c(=O)[nH]2)CCS1(=O)=O. The lowest BCUT2D eigenvalue weighted by Gasteiger charge is -2.31. The van der Waals surface area contributed by atoms with Gasteiger partial charge in [-0.15, -0.1) is 0 Å². The smallest absolute Gasteiger partial charge is 0.260 e. The molecule has 1 saturated heterocycles. The van der Waals surface area contributed by atoms with Gasteiger partial charge in [0.15, 0.2) is 9.84 Å². The first-order valence-corrected chi connectivity index (χ1v) is 8.14. The quantitative estimate of drug-likeness (QED) is 0.830. The van der Waals surface area contributed by atoms with Crippen molar-refractivity contribution in [3.8, 4) is 0 Å². The number of hydrogen-bond acceptors (Lipinski definition) is 5. The Bertz CT molecular complexity index is 813. The Morgan fingerprint density at radius 1 is 1.35 bits per heavy atom. The molecule has 0 radical (unpaired) electrons. The maximum atomic E-state index is 12.0. The average molecular weight is 293 g/mol. The van der Waals surface area contributed by atoms with Crippen molar-refractivity contribution in [3.63, 3.8) is 0 Å². The Hall–Kier alpha value is -1.89. The molecular formula is C13H15N3O3S. The van der Waals surface area contributed by atoms with E-state index in [4.69, 9.17) is 0 Å². The minimum Gasteiger partial charge on any atom is -0.340 e. The second-order valence-electron chi connectivity index (χ2n) is 5.03. The van der Waals surface area contributed by atoms with Crippen LogP contribution in [0.1, 0.15) is 6.92 Å². The zero-order valence-corrected chi connectivity index (χ0v) is 11.9. The molecule has 0 amide bonds. The van der Waals surface area contributed by atoms with Crippen LogP contribution in [0.4, 0.5) is 5.95 Å². The minimum atomic E-state index is -3.02. The summed E-state index contributed by atoms with van der Waals surface area (Å²) < 4.78 is 23.4. The van der Waals surface area contributed by atoms with E-state index >= 15 is 0 Å². The number of hydrogen-bond donors (Lipinski definition) is 1. The summed E-state index contributed by atoms with van der Waals surface area (Å²) in [7, 11) is -3.02. The van der Waals surface area contributed by atoms with Gasteiger partial charge in [-0.3, -0.25) is 9.78 Å². The van der Waals surface area contributed by atoms with Crippen molar-refractivity contribution in [1.82, 2.24) is 9.97 Å². The number of sulfone groups is 1. The average Bonchev–Trinajstić information content (AvgIpc) is 2.42. The van der Waals surface area contributed by atoms with Gasteiger partial charge >= 0.3 is 0 Å². The first kappa shape index (κ1) is 13.1. The fourth-order valence-corrected chi connectivity index (χ4v) is 3.65. The Kier molecular flexibility index (Phi) is 3.01. The number of benzene rings is 1. The summed E-state index contributed by atoms with van der Waals surface area (Å²) in [5.74, 6) is 0.528. The molecule has 6 nitrogen and oxygen atoms in total. The maximum Gasteiger partial charge on any atom is 0.260 e. The second kappa shape index (κ2) is 4.59. The molecule has 0 saturated carbocycles. The summed E-state index contributed by atoms with van der Waals surface area (Å²) in [5, 5.41) is 0.0851. The van der Waals surface area contributed by atoms with Gasteiger partial charge in [0.25, 0.3) is 5.56 Å². The Labute approximate surface area is 116 Å². The van der Waals surface area contributed by atoms with Crippen molar-refractivity contribution < 1.29 is 8.42 Å². The number of aromatic nitrogens is 2. The third-order valence-corrected chi connectivity index (χ3v) is 5.76. The summed E-state index contributed by atoms with van der Waals surface area (Å²) in [5.41, 5.74) is 0.416. The normalized spacial score (nSPS) is 22.1. The number of fused-ring (bicyclic) bond motifs is 1. The highest BCUT2D eigenvalue weighted by Crippen LogP contribution is 2.17. The first-order chi connectivity index (χ1) is 9.47. The molecule has 1 aliphatic heterocycles. The minimum absolute atomic E-state index is 0.0880. The molecule has 2 aromatic rings. The van der Waals surface area contributed by atoms with E-state index in [9.17, 15) is 13.2 Å². The fourth-order valence-electron chi connectivity index (χ4n) is 2.37. The van der Waals surface area contributed by atoms with E-state index in [0.717, 1.165) is 0 Å². The zero-order chi connectivity index (χ0) is 14.3. The molecule has 1 fully saturated rings. The maximum absolute atomic E-state index is 12.0. The third-order valence-electron chi connectivity index (χ3n) is 3.64. The zero-order valence-electron chi connectivity index (χ0n) is 11.0. The number of nitrogens with one attached hydrogen (secondary N) is 1. The molecule has 7 heteroatoms. The summed E-state index contributed by atoms with van der Waals surface area (Å²) in [4.78, 5) is 21.0. The molecule has 1 aromatic carbocycles. The van der Waals surface area contributed by atoms with Crippen LogP contribution in [-0.2, 0) is 9.84 Å². The molecular weight excluding hydrogens is 278 g/mol. The molecule has 1 aromatic heterocycles. The lowest BCUT2D eigenvalue weighted by Crippen LogP contribution is -2.46. The number of anilines is 1. The Balaban J connectivity index is 2.02. The molecule has 106 valence electrons. The van der Waals surface area contributed by atoms with E-state index in [1.807, 2.05) is 11.0 Å². The van der Waals surface area contributed by atoms with Crippen LogP contribution in [0.15, 0.2) is 29.1 Å². The molecule has 3 rings (SSSR count). The van der Waals surface area contributed by atoms with Gasteiger partial charge in [-0.1, -0.05) is 12.1 Å². The molecule has 1 atom stereocenters. The van der Waals surface area contributed by atoms with E-state index < -0.39 is 15.1 Å². The van der Waals surface area contributed by atoms with Crippen molar-refractivity contribution in [3.05, 3.63) is 34.6 Å². The number of H-pyrrole nitrogens is 1. The standard InChI is InChI=1S/C13H15N3O3S/c1-9-8-16(6-7-20(9,18)19)13-14-11-5-3-2-4-10(11)12(17)15-13/h2-5,9H,6-8H2,1H3,(H,14,15,17). The van der Waals surface area contributed by atoms with Crippen molar-refractivity contribution in [2.45, 2.75) is 12.2 Å². The van der Waals surface area contributed by atoms with Crippen LogP contribution < -0.4 is 10.5 Å². The fraction of sp³-hybridized carbons (Fsp3) is 0.385. The predicted molar refractivity (Wildman–Crippen MR) is 77.8 cm³/mol. The summed E-state index contributed by atoms with van der Waals surface area (Å²) >= 11 is 0. The molecule has 1 aliphatic rings. The highest BCUT2D eigenvalue weighted by atomic mass is 32.2. The third kappa shape index (κ3) is 2.18. The van der Waals surface area contributed by atoms with Crippen LogP contribution in [0.5, 0.6) is 0 Å².